The zero-order chi connectivity index (χ0) is 14.5. The van der Waals surface area contributed by atoms with Crippen LogP contribution in [0.25, 0.3) is 0 Å². The Labute approximate surface area is 125 Å². The van der Waals surface area contributed by atoms with Crippen molar-refractivity contribution in [3.63, 3.8) is 0 Å². The molecule has 1 aliphatic rings. The summed E-state index contributed by atoms with van der Waals surface area (Å²) in [6.07, 6.45) is 5.22. The Balaban J connectivity index is 1.93. The Kier molecular flexibility index (Phi) is 5.61. The molecule has 0 radical (unpaired) electrons. The highest BCUT2D eigenvalue weighted by atomic mass is 32.1. The molecule has 0 aromatic carbocycles. The minimum atomic E-state index is 0.0495. The molecule has 1 aliphatic carbocycles. The normalized spacial score (nSPS) is 19.4. The van der Waals surface area contributed by atoms with E-state index in [1.54, 1.807) is 11.3 Å². The van der Waals surface area contributed by atoms with E-state index in [0.29, 0.717) is 12.5 Å². The quantitative estimate of drug-likeness (QED) is 0.847. The Morgan fingerprint density at radius 1 is 1.60 bits per heavy atom. The summed E-state index contributed by atoms with van der Waals surface area (Å²) < 4.78 is 0. The van der Waals surface area contributed by atoms with Crippen LogP contribution in [0.4, 0.5) is 0 Å². The summed E-state index contributed by atoms with van der Waals surface area (Å²) in [4.78, 5) is 14.5. The predicted octanol–water partition coefficient (Wildman–Crippen LogP) is 3.01. The van der Waals surface area contributed by atoms with Gasteiger partial charge in [0.1, 0.15) is 0 Å². The summed E-state index contributed by atoms with van der Waals surface area (Å²) in [6.45, 7) is 5.23. The fraction of sp³-hybridized carbons (Fsp3) is 0.688. The van der Waals surface area contributed by atoms with Gasteiger partial charge >= 0.3 is 0 Å². The third kappa shape index (κ3) is 3.83. The molecule has 2 N–H and O–H groups in total. The van der Waals surface area contributed by atoms with Crippen LogP contribution in [-0.4, -0.2) is 24.2 Å². The lowest BCUT2D eigenvalue weighted by Crippen LogP contribution is -2.29. The van der Waals surface area contributed by atoms with Gasteiger partial charge in [-0.3, -0.25) is 4.79 Å². The number of hydrogen-bond acceptors (Lipinski definition) is 3. The molecule has 1 aromatic heterocycles. The van der Waals surface area contributed by atoms with Crippen LogP contribution >= 0.6 is 11.3 Å². The first-order valence-corrected chi connectivity index (χ1v) is 8.46. The number of aliphatic hydroxyl groups excluding tert-OH is 1. The van der Waals surface area contributed by atoms with Gasteiger partial charge in [0.05, 0.1) is 4.88 Å². The van der Waals surface area contributed by atoms with E-state index in [9.17, 15) is 4.79 Å². The van der Waals surface area contributed by atoms with E-state index in [1.807, 2.05) is 0 Å². The van der Waals surface area contributed by atoms with E-state index in [-0.39, 0.29) is 12.5 Å². The molecule has 0 aliphatic heterocycles. The van der Waals surface area contributed by atoms with E-state index < -0.39 is 0 Å². The Hall–Kier alpha value is -0.870. The Morgan fingerprint density at radius 3 is 3.10 bits per heavy atom. The summed E-state index contributed by atoms with van der Waals surface area (Å²) in [5.41, 5.74) is 1.38. The number of carbonyl (C=O) groups is 1. The first kappa shape index (κ1) is 15.5. The summed E-state index contributed by atoms with van der Waals surface area (Å²) in [7, 11) is 0. The van der Waals surface area contributed by atoms with Gasteiger partial charge in [-0.25, -0.2) is 0 Å². The van der Waals surface area contributed by atoms with E-state index in [4.69, 9.17) is 5.11 Å². The molecule has 0 bridgehead atoms. The molecule has 0 fully saturated rings. The summed E-state index contributed by atoms with van der Waals surface area (Å²) in [6, 6.07) is 2.08. The topological polar surface area (TPSA) is 49.3 Å². The van der Waals surface area contributed by atoms with Crippen molar-refractivity contribution in [3.05, 3.63) is 21.4 Å². The predicted molar refractivity (Wildman–Crippen MR) is 83.3 cm³/mol. The second-order valence-electron chi connectivity index (χ2n) is 5.90. The maximum atomic E-state index is 12.2. The number of amides is 1. The lowest BCUT2D eigenvalue weighted by Gasteiger charge is -2.16. The molecule has 1 amide bonds. The number of aryl methyl sites for hydroxylation is 1. The maximum Gasteiger partial charge on any atom is 0.261 e. The molecular formula is C16H25NO2S. The van der Waals surface area contributed by atoms with Gasteiger partial charge in [0.25, 0.3) is 5.91 Å². The average Bonchev–Trinajstić information content (AvgIpc) is 2.86. The van der Waals surface area contributed by atoms with Gasteiger partial charge in [-0.2, -0.15) is 0 Å². The number of aliphatic hydroxyl groups is 1. The minimum absolute atomic E-state index is 0.0495. The van der Waals surface area contributed by atoms with Crippen LogP contribution in [0.5, 0.6) is 0 Å². The van der Waals surface area contributed by atoms with Crippen molar-refractivity contribution in [2.75, 3.05) is 13.2 Å². The molecule has 0 saturated heterocycles. The van der Waals surface area contributed by atoms with Crippen molar-refractivity contribution >= 4 is 17.2 Å². The van der Waals surface area contributed by atoms with Crippen molar-refractivity contribution in [1.82, 2.24) is 5.32 Å². The molecule has 4 heteroatoms. The SMILES string of the molecule is CCC(CCO)CNC(=O)c1cc2c(s1)CCC(C)C2. The van der Waals surface area contributed by atoms with Gasteiger partial charge in [-0.1, -0.05) is 20.3 Å². The third-order valence-corrected chi connectivity index (χ3v) is 5.45. The fourth-order valence-electron chi connectivity index (χ4n) is 2.77. The molecule has 0 spiro atoms. The number of thiophene rings is 1. The standard InChI is InChI=1S/C16H25NO2S/c1-3-12(6-7-18)10-17-16(19)15-9-13-8-11(2)4-5-14(13)20-15/h9,11-12,18H,3-8,10H2,1-2H3,(H,17,19). The van der Waals surface area contributed by atoms with Crippen molar-refractivity contribution in [2.24, 2.45) is 11.8 Å². The maximum absolute atomic E-state index is 12.2. The van der Waals surface area contributed by atoms with Crippen LogP contribution in [-0.2, 0) is 12.8 Å². The zero-order valence-corrected chi connectivity index (χ0v) is 13.3. The van der Waals surface area contributed by atoms with E-state index in [0.717, 1.165) is 36.5 Å². The number of carbonyl (C=O) groups excluding carboxylic acids is 1. The molecule has 112 valence electrons. The van der Waals surface area contributed by atoms with Gasteiger partial charge in [0.15, 0.2) is 0 Å². The van der Waals surface area contributed by atoms with Crippen LogP contribution in [0.15, 0.2) is 6.07 Å². The van der Waals surface area contributed by atoms with Gasteiger partial charge < -0.3 is 10.4 Å². The van der Waals surface area contributed by atoms with Gasteiger partial charge in [-0.15, -0.1) is 11.3 Å². The number of nitrogens with one attached hydrogen (secondary N) is 1. The van der Waals surface area contributed by atoms with Gasteiger partial charge in [0, 0.05) is 18.0 Å². The molecule has 1 aromatic rings. The van der Waals surface area contributed by atoms with E-state index in [2.05, 4.69) is 25.2 Å². The van der Waals surface area contributed by atoms with Crippen LogP contribution in [0.3, 0.4) is 0 Å². The van der Waals surface area contributed by atoms with Crippen molar-refractivity contribution in [1.29, 1.82) is 0 Å². The zero-order valence-electron chi connectivity index (χ0n) is 12.4. The second kappa shape index (κ2) is 7.23. The molecule has 3 nitrogen and oxygen atoms in total. The van der Waals surface area contributed by atoms with Crippen molar-refractivity contribution in [3.8, 4) is 0 Å². The molecule has 2 unspecified atom stereocenters. The summed E-state index contributed by atoms with van der Waals surface area (Å²) in [5, 5.41) is 12.0. The first-order chi connectivity index (χ1) is 9.63. The van der Waals surface area contributed by atoms with E-state index in [1.165, 1.54) is 16.9 Å². The highest BCUT2D eigenvalue weighted by Crippen LogP contribution is 2.32. The second-order valence-corrected chi connectivity index (χ2v) is 7.04. The molecule has 2 atom stereocenters. The van der Waals surface area contributed by atoms with Gasteiger partial charge in [-0.05, 0) is 49.1 Å². The minimum Gasteiger partial charge on any atom is -0.396 e. The molecular weight excluding hydrogens is 270 g/mol. The molecule has 2 rings (SSSR count). The van der Waals surface area contributed by atoms with Crippen molar-refractivity contribution in [2.45, 2.75) is 46.0 Å². The van der Waals surface area contributed by atoms with Crippen LogP contribution < -0.4 is 5.32 Å². The van der Waals surface area contributed by atoms with E-state index >= 15 is 0 Å². The molecule has 0 saturated carbocycles. The van der Waals surface area contributed by atoms with Crippen molar-refractivity contribution < 1.29 is 9.90 Å². The lowest BCUT2D eigenvalue weighted by atomic mass is 9.90. The number of rotatable bonds is 6. The monoisotopic (exact) mass is 295 g/mol. The van der Waals surface area contributed by atoms with Gasteiger partial charge in [0.2, 0.25) is 0 Å². The lowest BCUT2D eigenvalue weighted by molar-refractivity contribution is 0.0947. The summed E-state index contributed by atoms with van der Waals surface area (Å²) in [5.74, 6) is 1.16. The summed E-state index contributed by atoms with van der Waals surface area (Å²) >= 11 is 1.66. The highest BCUT2D eigenvalue weighted by molar-refractivity contribution is 7.14. The molecule has 20 heavy (non-hydrogen) atoms. The highest BCUT2D eigenvalue weighted by Gasteiger charge is 2.20. The van der Waals surface area contributed by atoms with Crippen LogP contribution in [0.2, 0.25) is 0 Å². The average molecular weight is 295 g/mol. The molecule has 1 heterocycles. The van der Waals surface area contributed by atoms with Crippen LogP contribution in [0.1, 0.15) is 53.2 Å². The van der Waals surface area contributed by atoms with Crippen LogP contribution in [0, 0.1) is 11.8 Å². The third-order valence-electron chi connectivity index (χ3n) is 4.22. The Bertz CT molecular complexity index is 455. The smallest absolute Gasteiger partial charge is 0.261 e. The number of hydrogen-bond donors (Lipinski definition) is 2. The Morgan fingerprint density at radius 2 is 2.40 bits per heavy atom. The largest absolute Gasteiger partial charge is 0.396 e. The number of fused-ring (bicyclic) bond motifs is 1. The first-order valence-electron chi connectivity index (χ1n) is 7.64. The fourth-order valence-corrected chi connectivity index (χ4v) is 3.90.